The third-order valence-corrected chi connectivity index (χ3v) is 4.06. The number of hydrogen-bond donors (Lipinski definition) is 4. The maximum Gasteiger partial charge on any atom is 0.188 e. The Hall–Kier alpha value is -2.02. The highest BCUT2D eigenvalue weighted by Crippen LogP contribution is 2.09. The number of hydrogen-bond acceptors (Lipinski definition) is 4. The Morgan fingerprint density at radius 2 is 2.05 bits per heavy atom. The van der Waals surface area contributed by atoms with E-state index >= 15 is 0 Å². The smallest absolute Gasteiger partial charge is 0.188 e. The van der Waals surface area contributed by atoms with Crippen LogP contribution in [0.3, 0.4) is 0 Å². The lowest BCUT2D eigenvalue weighted by Crippen LogP contribution is -2.38. The molecule has 2 aromatic heterocycles. The first-order valence-electron chi connectivity index (χ1n) is 7.35. The lowest BCUT2D eigenvalue weighted by molar-refractivity contribution is 0.739. The van der Waals surface area contributed by atoms with Crippen LogP contribution in [-0.4, -0.2) is 39.8 Å². The molecule has 0 aromatic carbocycles. The molecule has 2 rings (SSSR count). The van der Waals surface area contributed by atoms with E-state index in [0.29, 0.717) is 5.96 Å². The van der Waals surface area contributed by atoms with Crippen molar-refractivity contribution in [1.29, 1.82) is 5.41 Å². The van der Waals surface area contributed by atoms with E-state index in [-0.39, 0.29) is 0 Å². The van der Waals surface area contributed by atoms with Crippen molar-refractivity contribution in [3.05, 3.63) is 48.3 Å². The number of nitrogens with one attached hydrogen (secondary N) is 4. The maximum absolute atomic E-state index is 7.78. The highest BCUT2D eigenvalue weighted by molar-refractivity contribution is 7.98. The molecule has 0 saturated carbocycles. The summed E-state index contributed by atoms with van der Waals surface area (Å²) in [6.45, 7) is 1.57. The molecule has 118 valence electrons. The Morgan fingerprint density at radius 1 is 1.23 bits per heavy atom. The quantitative estimate of drug-likeness (QED) is 0.321. The van der Waals surface area contributed by atoms with E-state index in [1.54, 1.807) is 6.33 Å². The number of nitrogens with zero attached hydrogens (tertiary/aromatic N) is 2. The Morgan fingerprint density at radius 3 is 2.82 bits per heavy atom. The van der Waals surface area contributed by atoms with Gasteiger partial charge in [0.2, 0.25) is 0 Å². The highest BCUT2D eigenvalue weighted by atomic mass is 32.2. The van der Waals surface area contributed by atoms with Gasteiger partial charge >= 0.3 is 0 Å². The summed E-state index contributed by atoms with van der Waals surface area (Å²) in [7, 11) is 0. The van der Waals surface area contributed by atoms with Gasteiger partial charge in [-0.1, -0.05) is 0 Å². The van der Waals surface area contributed by atoms with Crippen LogP contribution < -0.4 is 10.6 Å². The van der Waals surface area contributed by atoms with E-state index in [4.69, 9.17) is 5.41 Å². The molecule has 0 spiro atoms. The highest BCUT2D eigenvalue weighted by Gasteiger charge is 1.98. The molecule has 6 nitrogen and oxygen atoms in total. The van der Waals surface area contributed by atoms with Crippen molar-refractivity contribution in [3.63, 3.8) is 0 Å². The molecule has 0 aliphatic heterocycles. The fourth-order valence-electron chi connectivity index (χ4n) is 1.89. The molecule has 0 bridgehead atoms. The molecular formula is C15H22N6S. The van der Waals surface area contributed by atoms with Crippen LogP contribution >= 0.6 is 11.8 Å². The predicted octanol–water partition coefficient (Wildman–Crippen LogP) is 1.78. The van der Waals surface area contributed by atoms with Crippen LogP contribution in [0.5, 0.6) is 0 Å². The van der Waals surface area contributed by atoms with E-state index in [9.17, 15) is 0 Å². The average molecular weight is 318 g/mol. The van der Waals surface area contributed by atoms with Gasteiger partial charge < -0.3 is 15.6 Å². The fraction of sp³-hybridized carbons (Fsp3) is 0.400. The monoisotopic (exact) mass is 318 g/mol. The number of aromatic nitrogens is 3. The van der Waals surface area contributed by atoms with Crippen molar-refractivity contribution >= 4 is 17.7 Å². The molecule has 0 unspecified atom stereocenters. The van der Waals surface area contributed by atoms with Gasteiger partial charge in [0.15, 0.2) is 5.96 Å². The lowest BCUT2D eigenvalue weighted by Gasteiger charge is -2.09. The predicted molar refractivity (Wildman–Crippen MR) is 91.0 cm³/mol. The minimum absolute atomic E-state index is 0.395. The van der Waals surface area contributed by atoms with Crippen LogP contribution in [0.2, 0.25) is 0 Å². The topological polar surface area (TPSA) is 89.5 Å². The first kappa shape index (κ1) is 16.4. The number of thioether (sulfide) groups is 1. The Labute approximate surface area is 135 Å². The van der Waals surface area contributed by atoms with Crippen molar-refractivity contribution in [2.75, 3.05) is 18.8 Å². The second-order valence-electron chi connectivity index (χ2n) is 4.80. The molecule has 2 heterocycles. The van der Waals surface area contributed by atoms with Gasteiger partial charge in [-0.25, -0.2) is 4.98 Å². The maximum atomic E-state index is 7.78. The normalized spacial score (nSPS) is 10.4. The van der Waals surface area contributed by atoms with Crippen LogP contribution in [0.4, 0.5) is 0 Å². The first-order chi connectivity index (χ1) is 10.8. The Balaban J connectivity index is 1.44. The number of aromatic amines is 1. The Kier molecular flexibility index (Phi) is 7.31. The van der Waals surface area contributed by atoms with Crippen LogP contribution in [0.15, 0.2) is 37.1 Å². The van der Waals surface area contributed by atoms with E-state index in [1.165, 1.54) is 5.56 Å². The molecule has 2 aromatic rings. The third-order valence-electron chi connectivity index (χ3n) is 3.03. The lowest BCUT2D eigenvalue weighted by atomic mass is 10.2. The van der Waals surface area contributed by atoms with Crippen LogP contribution in [0.25, 0.3) is 0 Å². The molecule has 0 aliphatic rings. The average Bonchev–Trinajstić information content (AvgIpc) is 3.06. The van der Waals surface area contributed by atoms with Gasteiger partial charge in [0.05, 0.1) is 12.0 Å². The van der Waals surface area contributed by atoms with Crippen molar-refractivity contribution in [1.82, 2.24) is 25.6 Å². The van der Waals surface area contributed by atoms with Gasteiger partial charge in [-0.3, -0.25) is 10.4 Å². The molecule has 0 amide bonds. The second kappa shape index (κ2) is 9.83. The van der Waals surface area contributed by atoms with Crippen LogP contribution in [0, 0.1) is 5.41 Å². The zero-order valence-electron chi connectivity index (χ0n) is 12.5. The molecule has 4 N–H and O–H groups in total. The molecule has 0 fully saturated rings. The number of guanidine groups is 1. The summed E-state index contributed by atoms with van der Waals surface area (Å²) in [5.41, 5.74) is 2.35. The molecule has 0 atom stereocenters. The summed E-state index contributed by atoms with van der Waals surface area (Å²) < 4.78 is 0. The van der Waals surface area contributed by atoms with E-state index in [2.05, 4.69) is 25.6 Å². The molecule has 0 radical (unpaired) electrons. The summed E-state index contributed by atoms with van der Waals surface area (Å²) >= 11 is 1.85. The molecular weight excluding hydrogens is 296 g/mol. The number of aryl methyl sites for hydroxylation is 1. The minimum Gasteiger partial charge on any atom is -0.357 e. The number of pyridine rings is 1. The zero-order valence-corrected chi connectivity index (χ0v) is 13.3. The summed E-state index contributed by atoms with van der Waals surface area (Å²) in [5, 5.41) is 13.9. The molecule has 22 heavy (non-hydrogen) atoms. The van der Waals surface area contributed by atoms with E-state index in [0.717, 1.165) is 43.1 Å². The Bertz CT molecular complexity index is 528. The van der Waals surface area contributed by atoms with Gasteiger partial charge in [-0.05, 0) is 30.5 Å². The number of H-pyrrole nitrogens is 1. The third kappa shape index (κ3) is 6.62. The SMILES string of the molecule is N=C(NCCCc1c[nH]cn1)NCCSCc1ccncc1. The van der Waals surface area contributed by atoms with Crippen molar-refractivity contribution in [3.8, 4) is 0 Å². The number of imidazole rings is 1. The van der Waals surface area contributed by atoms with E-state index < -0.39 is 0 Å². The van der Waals surface area contributed by atoms with Crippen molar-refractivity contribution in [2.45, 2.75) is 18.6 Å². The summed E-state index contributed by atoms with van der Waals surface area (Å²) in [6.07, 6.45) is 9.12. The summed E-state index contributed by atoms with van der Waals surface area (Å²) in [4.78, 5) is 11.1. The minimum atomic E-state index is 0.395. The molecule has 7 heteroatoms. The summed E-state index contributed by atoms with van der Waals surface area (Å²) in [6, 6.07) is 4.06. The van der Waals surface area contributed by atoms with Crippen LogP contribution in [-0.2, 0) is 12.2 Å². The summed E-state index contributed by atoms with van der Waals surface area (Å²) in [5.74, 6) is 2.35. The van der Waals surface area contributed by atoms with Gasteiger partial charge in [-0.15, -0.1) is 0 Å². The van der Waals surface area contributed by atoms with Crippen LogP contribution in [0.1, 0.15) is 17.7 Å². The van der Waals surface area contributed by atoms with Gasteiger partial charge in [0.25, 0.3) is 0 Å². The molecule has 0 aliphatic carbocycles. The van der Waals surface area contributed by atoms with Crippen molar-refractivity contribution < 1.29 is 0 Å². The van der Waals surface area contributed by atoms with Crippen molar-refractivity contribution in [2.24, 2.45) is 0 Å². The van der Waals surface area contributed by atoms with Gasteiger partial charge in [-0.2, -0.15) is 11.8 Å². The number of rotatable bonds is 9. The standard InChI is InChI=1S/C15H22N6S/c16-15(19-5-1-2-14-10-18-12-21-14)20-8-9-22-11-13-3-6-17-7-4-13/h3-4,6-7,10,12H,1-2,5,8-9,11H2,(H,18,21)(H3,16,19,20). The molecule has 0 saturated heterocycles. The largest absolute Gasteiger partial charge is 0.357 e. The fourth-order valence-corrected chi connectivity index (χ4v) is 2.71. The van der Waals surface area contributed by atoms with Gasteiger partial charge in [0.1, 0.15) is 0 Å². The van der Waals surface area contributed by atoms with E-state index in [1.807, 2.05) is 42.5 Å². The zero-order chi connectivity index (χ0) is 15.5. The second-order valence-corrected chi connectivity index (χ2v) is 5.91. The van der Waals surface area contributed by atoms with Gasteiger partial charge in [0, 0.05) is 43.2 Å². The first-order valence-corrected chi connectivity index (χ1v) is 8.50.